The van der Waals surface area contributed by atoms with Crippen LogP contribution in [0.2, 0.25) is 0 Å². The molecular weight excluding hydrogens is 446 g/mol. The van der Waals surface area contributed by atoms with Crippen LogP contribution in [0.25, 0.3) is 11.4 Å². The van der Waals surface area contributed by atoms with E-state index in [0.29, 0.717) is 5.56 Å². The minimum absolute atomic E-state index is 0.0606. The summed E-state index contributed by atoms with van der Waals surface area (Å²) in [7, 11) is 1.42. The number of nitrogens with zero attached hydrogens (tertiary/aromatic N) is 3. The van der Waals surface area contributed by atoms with E-state index in [1.807, 2.05) is 24.3 Å². The number of carbonyl (C=O) groups is 1. The highest BCUT2D eigenvalue weighted by molar-refractivity contribution is 5.89. The standard InChI is InChI=1S/C31H43N3O2/c1-7-9-20-33(22-24-16-18-26(19-17-24)30(35)36-6)23-27-28(31(3,4)5)32-29(34(27)21-10-8-2)25-14-12-11-13-15-25/h11-19H,7-10,20-23H2,1-6H3. The Hall–Kier alpha value is -2.92. The number of aromatic nitrogens is 2. The third-order valence-corrected chi connectivity index (χ3v) is 6.53. The van der Waals surface area contributed by atoms with E-state index in [2.05, 4.69) is 74.4 Å². The number of imidazole rings is 1. The predicted molar refractivity (Wildman–Crippen MR) is 148 cm³/mol. The summed E-state index contributed by atoms with van der Waals surface area (Å²) >= 11 is 0. The second-order valence-electron chi connectivity index (χ2n) is 10.6. The van der Waals surface area contributed by atoms with E-state index in [-0.39, 0.29) is 11.4 Å². The van der Waals surface area contributed by atoms with Crippen molar-refractivity contribution >= 4 is 5.97 Å². The van der Waals surface area contributed by atoms with Crippen LogP contribution in [0.1, 0.15) is 87.6 Å². The number of unbranched alkanes of at least 4 members (excludes halogenated alkanes) is 2. The molecule has 3 rings (SSSR count). The summed E-state index contributed by atoms with van der Waals surface area (Å²) < 4.78 is 7.33. The molecule has 36 heavy (non-hydrogen) atoms. The molecule has 3 aromatic rings. The molecule has 5 nitrogen and oxygen atoms in total. The fourth-order valence-corrected chi connectivity index (χ4v) is 4.54. The summed E-state index contributed by atoms with van der Waals surface area (Å²) in [6, 6.07) is 18.4. The van der Waals surface area contributed by atoms with Gasteiger partial charge in [0.1, 0.15) is 5.82 Å². The molecule has 0 bridgehead atoms. The first-order chi connectivity index (χ1) is 17.3. The van der Waals surface area contributed by atoms with E-state index in [1.165, 1.54) is 29.6 Å². The van der Waals surface area contributed by atoms with Crippen molar-refractivity contribution in [2.75, 3.05) is 13.7 Å². The topological polar surface area (TPSA) is 47.4 Å². The van der Waals surface area contributed by atoms with Crippen molar-refractivity contribution in [3.05, 3.63) is 77.1 Å². The number of benzene rings is 2. The largest absolute Gasteiger partial charge is 0.465 e. The van der Waals surface area contributed by atoms with Gasteiger partial charge in [0.2, 0.25) is 0 Å². The third-order valence-electron chi connectivity index (χ3n) is 6.53. The molecule has 0 spiro atoms. The van der Waals surface area contributed by atoms with Crippen LogP contribution in [0.4, 0.5) is 0 Å². The van der Waals surface area contributed by atoms with Gasteiger partial charge >= 0.3 is 5.97 Å². The first-order valence-corrected chi connectivity index (χ1v) is 13.3. The van der Waals surface area contributed by atoms with Crippen LogP contribution in [0.3, 0.4) is 0 Å². The molecule has 0 amide bonds. The Morgan fingerprint density at radius 3 is 2.19 bits per heavy atom. The first-order valence-electron chi connectivity index (χ1n) is 13.3. The lowest BCUT2D eigenvalue weighted by Crippen LogP contribution is -2.28. The average molecular weight is 490 g/mol. The highest BCUT2D eigenvalue weighted by Gasteiger charge is 2.28. The van der Waals surface area contributed by atoms with E-state index in [1.54, 1.807) is 0 Å². The molecule has 5 heteroatoms. The number of hydrogen-bond donors (Lipinski definition) is 0. The number of esters is 1. The van der Waals surface area contributed by atoms with Gasteiger partial charge in [-0.05, 0) is 37.1 Å². The molecule has 1 aromatic heterocycles. The minimum Gasteiger partial charge on any atom is -0.465 e. The average Bonchev–Trinajstić information content (AvgIpc) is 3.25. The molecule has 1 heterocycles. The summed E-state index contributed by atoms with van der Waals surface area (Å²) in [5, 5.41) is 0. The SMILES string of the molecule is CCCCN(Cc1ccc(C(=O)OC)cc1)Cc1c(C(C)(C)C)nc(-c2ccccc2)n1CCCC. The number of hydrogen-bond acceptors (Lipinski definition) is 4. The summed E-state index contributed by atoms with van der Waals surface area (Å²) in [5.74, 6) is 0.773. The van der Waals surface area contributed by atoms with Crippen LogP contribution in [-0.4, -0.2) is 34.1 Å². The Balaban J connectivity index is 2.00. The van der Waals surface area contributed by atoms with Gasteiger partial charge in [0, 0.05) is 30.6 Å². The molecule has 0 atom stereocenters. The van der Waals surface area contributed by atoms with Gasteiger partial charge in [0.25, 0.3) is 0 Å². The minimum atomic E-state index is -0.299. The van der Waals surface area contributed by atoms with Gasteiger partial charge in [0.15, 0.2) is 0 Å². The van der Waals surface area contributed by atoms with Gasteiger partial charge < -0.3 is 9.30 Å². The van der Waals surface area contributed by atoms with Crippen molar-refractivity contribution in [2.24, 2.45) is 0 Å². The van der Waals surface area contributed by atoms with E-state index in [9.17, 15) is 4.79 Å². The third kappa shape index (κ3) is 7.07. The molecule has 0 radical (unpaired) electrons. The number of ether oxygens (including phenoxy) is 1. The molecule has 194 valence electrons. The van der Waals surface area contributed by atoms with Crippen molar-refractivity contribution in [3.8, 4) is 11.4 Å². The summed E-state index contributed by atoms with van der Waals surface area (Å²) in [4.78, 5) is 19.7. The van der Waals surface area contributed by atoms with Crippen LogP contribution >= 0.6 is 0 Å². The molecule has 0 saturated carbocycles. The first kappa shape index (κ1) is 27.7. The van der Waals surface area contributed by atoms with E-state index in [0.717, 1.165) is 57.7 Å². The highest BCUT2D eigenvalue weighted by atomic mass is 16.5. The molecule has 0 aliphatic carbocycles. The normalized spacial score (nSPS) is 11.8. The Morgan fingerprint density at radius 1 is 0.944 bits per heavy atom. The van der Waals surface area contributed by atoms with Gasteiger partial charge in [-0.1, -0.05) is 89.9 Å². The second-order valence-corrected chi connectivity index (χ2v) is 10.6. The molecule has 0 N–H and O–H groups in total. The maximum Gasteiger partial charge on any atom is 0.337 e. The maximum absolute atomic E-state index is 11.9. The Kier molecular flexibility index (Phi) is 9.89. The zero-order valence-corrected chi connectivity index (χ0v) is 23.0. The summed E-state index contributed by atoms with van der Waals surface area (Å²) in [6.45, 7) is 14.9. The number of carbonyl (C=O) groups excluding carboxylic acids is 1. The predicted octanol–water partition coefficient (Wildman–Crippen LogP) is 7.24. The Morgan fingerprint density at radius 2 is 1.61 bits per heavy atom. The molecule has 0 saturated heterocycles. The van der Waals surface area contributed by atoms with Crippen LogP contribution in [0.5, 0.6) is 0 Å². The van der Waals surface area contributed by atoms with Crippen molar-refractivity contribution in [1.82, 2.24) is 14.5 Å². The smallest absolute Gasteiger partial charge is 0.337 e. The number of methoxy groups -OCH3 is 1. The Labute approximate surface area is 217 Å². The van der Waals surface area contributed by atoms with Gasteiger partial charge in [-0.25, -0.2) is 9.78 Å². The number of rotatable bonds is 12. The molecular formula is C31H43N3O2. The summed E-state index contributed by atoms with van der Waals surface area (Å²) in [5.41, 5.74) is 5.39. The highest BCUT2D eigenvalue weighted by Crippen LogP contribution is 2.32. The molecule has 0 fully saturated rings. The van der Waals surface area contributed by atoms with Crippen LogP contribution in [0.15, 0.2) is 54.6 Å². The van der Waals surface area contributed by atoms with Crippen molar-refractivity contribution in [3.63, 3.8) is 0 Å². The fraction of sp³-hybridized carbons (Fsp3) is 0.484. The zero-order valence-electron chi connectivity index (χ0n) is 23.0. The van der Waals surface area contributed by atoms with Crippen molar-refractivity contribution in [2.45, 2.75) is 85.4 Å². The fourth-order valence-electron chi connectivity index (χ4n) is 4.54. The molecule has 0 unspecified atom stereocenters. The Bertz CT molecular complexity index is 1100. The van der Waals surface area contributed by atoms with E-state index >= 15 is 0 Å². The second kappa shape index (κ2) is 12.9. The van der Waals surface area contributed by atoms with E-state index in [4.69, 9.17) is 9.72 Å². The lowest BCUT2D eigenvalue weighted by molar-refractivity contribution is 0.0600. The zero-order chi connectivity index (χ0) is 26.1. The lowest BCUT2D eigenvalue weighted by Gasteiger charge is -2.26. The maximum atomic E-state index is 11.9. The van der Waals surface area contributed by atoms with Crippen molar-refractivity contribution in [1.29, 1.82) is 0 Å². The molecule has 0 aliphatic heterocycles. The summed E-state index contributed by atoms with van der Waals surface area (Å²) in [6.07, 6.45) is 4.55. The van der Waals surface area contributed by atoms with E-state index < -0.39 is 0 Å². The molecule has 2 aromatic carbocycles. The lowest BCUT2D eigenvalue weighted by atomic mass is 9.90. The van der Waals surface area contributed by atoms with Crippen LogP contribution in [0, 0.1) is 0 Å². The monoisotopic (exact) mass is 489 g/mol. The molecule has 0 aliphatic rings. The van der Waals surface area contributed by atoms with Crippen LogP contribution in [-0.2, 0) is 29.8 Å². The van der Waals surface area contributed by atoms with Gasteiger partial charge in [-0.15, -0.1) is 0 Å². The van der Waals surface area contributed by atoms with Gasteiger partial charge in [-0.2, -0.15) is 0 Å². The van der Waals surface area contributed by atoms with Crippen LogP contribution < -0.4 is 0 Å². The van der Waals surface area contributed by atoms with Gasteiger partial charge in [-0.3, -0.25) is 4.90 Å². The quantitative estimate of drug-likeness (QED) is 0.252. The van der Waals surface area contributed by atoms with Crippen molar-refractivity contribution < 1.29 is 9.53 Å². The van der Waals surface area contributed by atoms with Gasteiger partial charge in [0.05, 0.1) is 24.1 Å².